The number of likely N-dealkylation sites (N-methyl/N-ethyl adjacent to an activating group) is 1. The van der Waals surface area contributed by atoms with Gasteiger partial charge in [0.2, 0.25) is 0 Å². The summed E-state index contributed by atoms with van der Waals surface area (Å²) in [7, 11) is 5.05. The van der Waals surface area contributed by atoms with Crippen LogP contribution in [0.25, 0.3) is 0 Å². The molecule has 1 N–H and O–H groups in total. The van der Waals surface area contributed by atoms with Crippen molar-refractivity contribution in [3.63, 3.8) is 0 Å². The zero-order valence-corrected chi connectivity index (χ0v) is 11.2. The maximum absolute atomic E-state index is 13.8. The van der Waals surface area contributed by atoms with Gasteiger partial charge in [0.1, 0.15) is 11.6 Å². The molecule has 4 nitrogen and oxygen atoms in total. The van der Waals surface area contributed by atoms with Gasteiger partial charge in [0.25, 0.3) is 5.91 Å². The van der Waals surface area contributed by atoms with Crippen molar-refractivity contribution in [3.8, 4) is 5.75 Å². The molecule has 1 aromatic rings. The first-order valence-corrected chi connectivity index (χ1v) is 5.75. The topological polar surface area (TPSA) is 41.6 Å². The van der Waals surface area contributed by atoms with Gasteiger partial charge in [-0.1, -0.05) is 6.07 Å². The van der Waals surface area contributed by atoms with Crippen molar-refractivity contribution in [1.82, 2.24) is 10.2 Å². The maximum Gasteiger partial charge on any atom is 0.259 e. The van der Waals surface area contributed by atoms with Crippen molar-refractivity contribution >= 4 is 5.91 Å². The molecule has 0 saturated heterocycles. The first-order chi connectivity index (χ1) is 8.45. The van der Waals surface area contributed by atoms with Gasteiger partial charge in [-0.05, 0) is 20.0 Å². The Bertz CT molecular complexity index is 421. The van der Waals surface area contributed by atoms with Gasteiger partial charge in [0.05, 0.1) is 0 Å². The SMILES string of the molecule is CNC(C)c1ccc(OCC(=O)N(C)C)cc1F. The summed E-state index contributed by atoms with van der Waals surface area (Å²) in [6.45, 7) is 1.78. The summed E-state index contributed by atoms with van der Waals surface area (Å²) in [6.07, 6.45) is 0. The molecule has 0 aliphatic carbocycles. The fourth-order valence-corrected chi connectivity index (χ4v) is 1.38. The zero-order chi connectivity index (χ0) is 13.7. The molecule has 0 aromatic heterocycles. The van der Waals surface area contributed by atoms with E-state index >= 15 is 0 Å². The van der Waals surface area contributed by atoms with Crippen LogP contribution in [0.3, 0.4) is 0 Å². The van der Waals surface area contributed by atoms with Crippen molar-refractivity contribution in [2.24, 2.45) is 0 Å². The minimum absolute atomic E-state index is 0.0672. The Kier molecular flexibility index (Phi) is 5.09. The average molecular weight is 254 g/mol. The molecule has 1 amide bonds. The van der Waals surface area contributed by atoms with E-state index in [1.54, 1.807) is 33.3 Å². The van der Waals surface area contributed by atoms with Gasteiger partial charge in [-0.25, -0.2) is 4.39 Å². The lowest BCUT2D eigenvalue weighted by Crippen LogP contribution is -2.27. The largest absolute Gasteiger partial charge is 0.484 e. The van der Waals surface area contributed by atoms with Crippen LogP contribution in [-0.4, -0.2) is 38.6 Å². The summed E-state index contributed by atoms with van der Waals surface area (Å²) in [5.74, 6) is -0.149. The van der Waals surface area contributed by atoms with Crippen LogP contribution < -0.4 is 10.1 Å². The number of nitrogens with one attached hydrogen (secondary N) is 1. The van der Waals surface area contributed by atoms with Gasteiger partial charge in [-0.15, -0.1) is 0 Å². The maximum atomic E-state index is 13.8. The van der Waals surface area contributed by atoms with E-state index in [2.05, 4.69) is 5.32 Å². The van der Waals surface area contributed by atoms with Crippen LogP contribution in [0.5, 0.6) is 5.75 Å². The van der Waals surface area contributed by atoms with Crippen molar-refractivity contribution in [2.75, 3.05) is 27.7 Å². The molecule has 1 aromatic carbocycles. The predicted octanol–water partition coefficient (Wildman–Crippen LogP) is 1.57. The van der Waals surface area contributed by atoms with Crippen LogP contribution in [0.1, 0.15) is 18.5 Å². The molecule has 18 heavy (non-hydrogen) atoms. The molecular weight excluding hydrogens is 235 g/mol. The van der Waals surface area contributed by atoms with Crippen LogP contribution >= 0.6 is 0 Å². The van der Waals surface area contributed by atoms with Crippen molar-refractivity contribution in [3.05, 3.63) is 29.6 Å². The molecule has 0 fully saturated rings. The van der Waals surface area contributed by atoms with Gasteiger partial charge in [0, 0.05) is 31.8 Å². The van der Waals surface area contributed by atoms with Gasteiger partial charge in [0.15, 0.2) is 6.61 Å². The van der Waals surface area contributed by atoms with Crippen LogP contribution in [0.4, 0.5) is 4.39 Å². The Balaban J connectivity index is 2.70. The van der Waals surface area contributed by atoms with Crippen LogP contribution in [0, 0.1) is 5.82 Å². The van der Waals surface area contributed by atoms with Gasteiger partial charge < -0.3 is 15.0 Å². The molecule has 0 spiro atoms. The highest BCUT2D eigenvalue weighted by Crippen LogP contribution is 2.21. The average Bonchev–Trinajstić information content (AvgIpc) is 2.34. The number of benzene rings is 1. The van der Waals surface area contributed by atoms with E-state index in [-0.39, 0.29) is 24.4 Å². The standard InChI is InChI=1S/C13H19FN2O2/c1-9(15-2)11-6-5-10(7-12(11)14)18-8-13(17)16(3)4/h5-7,9,15H,8H2,1-4H3. The third-order valence-electron chi connectivity index (χ3n) is 2.73. The quantitative estimate of drug-likeness (QED) is 0.867. The molecule has 0 aliphatic rings. The summed E-state index contributed by atoms with van der Waals surface area (Å²) in [5.41, 5.74) is 0.573. The first-order valence-electron chi connectivity index (χ1n) is 5.75. The normalized spacial score (nSPS) is 12.1. The Hall–Kier alpha value is -1.62. The molecule has 1 atom stereocenters. The Morgan fingerprint density at radius 3 is 2.67 bits per heavy atom. The number of rotatable bonds is 5. The van der Waals surface area contributed by atoms with Crippen LogP contribution in [0.15, 0.2) is 18.2 Å². The van der Waals surface area contributed by atoms with Crippen molar-refractivity contribution < 1.29 is 13.9 Å². The number of hydrogen-bond acceptors (Lipinski definition) is 3. The molecule has 0 aliphatic heterocycles. The highest BCUT2D eigenvalue weighted by molar-refractivity contribution is 5.77. The summed E-state index contributed by atoms with van der Waals surface area (Å²) in [5, 5.41) is 2.97. The highest BCUT2D eigenvalue weighted by atomic mass is 19.1. The monoisotopic (exact) mass is 254 g/mol. The second kappa shape index (κ2) is 6.35. The van der Waals surface area contributed by atoms with Crippen molar-refractivity contribution in [2.45, 2.75) is 13.0 Å². The second-order valence-electron chi connectivity index (χ2n) is 4.27. The number of nitrogens with zero attached hydrogens (tertiary/aromatic N) is 1. The molecule has 5 heteroatoms. The van der Waals surface area contributed by atoms with E-state index in [4.69, 9.17) is 4.74 Å². The third kappa shape index (κ3) is 3.70. The van der Waals surface area contributed by atoms with E-state index in [0.717, 1.165) is 0 Å². The molecule has 1 unspecified atom stereocenters. The Labute approximate surface area is 107 Å². The number of hydrogen-bond donors (Lipinski definition) is 1. The van der Waals surface area contributed by atoms with E-state index in [1.165, 1.54) is 11.0 Å². The van der Waals surface area contributed by atoms with Crippen LogP contribution in [-0.2, 0) is 4.79 Å². The van der Waals surface area contributed by atoms with E-state index < -0.39 is 0 Å². The minimum Gasteiger partial charge on any atom is -0.484 e. The lowest BCUT2D eigenvalue weighted by atomic mass is 10.1. The first kappa shape index (κ1) is 14.4. The summed E-state index contributed by atoms with van der Waals surface area (Å²) < 4.78 is 19.0. The smallest absolute Gasteiger partial charge is 0.259 e. The van der Waals surface area contributed by atoms with Crippen molar-refractivity contribution in [1.29, 1.82) is 0 Å². The van der Waals surface area contributed by atoms with Crippen LogP contribution in [0.2, 0.25) is 0 Å². The molecule has 1 rings (SSSR count). The van der Waals surface area contributed by atoms with E-state index in [0.29, 0.717) is 11.3 Å². The lowest BCUT2D eigenvalue weighted by molar-refractivity contribution is -0.130. The lowest BCUT2D eigenvalue weighted by Gasteiger charge is -2.14. The summed E-state index contributed by atoms with van der Waals surface area (Å²) in [6, 6.07) is 4.55. The number of carbonyl (C=O) groups is 1. The third-order valence-corrected chi connectivity index (χ3v) is 2.73. The Morgan fingerprint density at radius 2 is 2.17 bits per heavy atom. The predicted molar refractivity (Wildman–Crippen MR) is 68.1 cm³/mol. The second-order valence-corrected chi connectivity index (χ2v) is 4.27. The van der Waals surface area contributed by atoms with Gasteiger partial charge in [-0.3, -0.25) is 4.79 Å². The van der Waals surface area contributed by atoms with Gasteiger partial charge in [-0.2, -0.15) is 0 Å². The van der Waals surface area contributed by atoms with Gasteiger partial charge >= 0.3 is 0 Å². The summed E-state index contributed by atoms with van der Waals surface area (Å²) in [4.78, 5) is 12.7. The molecule has 0 radical (unpaired) electrons. The number of amides is 1. The number of carbonyl (C=O) groups excluding carboxylic acids is 1. The number of halogens is 1. The fourth-order valence-electron chi connectivity index (χ4n) is 1.38. The molecule has 0 bridgehead atoms. The van der Waals surface area contributed by atoms with E-state index in [1.807, 2.05) is 6.92 Å². The molecular formula is C13H19FN2O2. The van der Waals surface area contributed by atoms with E-state index in [9.17, 15) is 9.18 Å². The Morgan fingerprint density at radius 1 is 1.50 bits per heavy atom. The minimum atomic E-state index is -0.341. The zero-order valence-electron chi connectivity index (χ0n) is 11.2. The fraction of sp³-hybridized carbons (Fsp3) is 0.462. The molecule has 0 saturated carbocycles. The summed E-state index contributed by atoms with van der Waals surface area (Å²) >= 11 is 0. The number of ether oxygens (including phenoxy) is 1. The highest BCUT2D eigenvalue weighted by Gasteiger charge is 2.11. The molecule has 100 valence electrons. The molecule has 0 heterocycles.